The number of nitrogens with one attached hydrogen (secondary N) is 1. The van der Waals surface area contributed by atoms with Crippen LogP contribution in [0.25, 0.3) is 5.69 Å². The van der Waals surface area contributed by atoms with Crippen molar-refractivity contribution in [3.63, 3.8) is 0 Å². The molecular formula is C19H21N5O3S. The molecule has 0 saturated carbocycles. The predicted molar refractivity (Wildman–Crippen MR) is 106 cm³/mol. The molecule has 146 valence electrons. The predicted octanol–water partition coefficient (Wildman–Crippen LogP) is 2.40. The summed E-state index contributed by atoms with van der Waals surface area (Å²) in [5.41, 5.74) is 2.69. The van der Waals surface area contributed by atoms with Gasteiger partial charge in [-0.25, -0.2) is 0 Å². The number of aryl methyl sites for hydroxylation is 1. The Kier molecular flexibility index (Phi) is 6.49. The lowest BCUT2D eigenvalue weighted by Crippen LogP contribution is -2.25. The third-order valence-electron chi connectivity index (χ3n) is 4.00. The van der Waals surface area contributed by atoms with Gasteiger partial charge in [-0.1, -0.05) is 36.0 Å². The number of carbonyl (C=O) groups is 1. The first-order valence-corrected chi connectivity index (χ1v) is 9.55. The van der Waals surface area contributed by atoms with E-state index < -0.39 is 0 Å². The number of hydrogen-bond acceptors (Lipinski definition) is 7. The molecule has 1 heterocycles. The molecule has 0 spiro atoms. The fourth-order valence-electron chi connectivity index (χ4n) is 2.61. The van der Waals surface area contributed by atoms with Crippen molar-refractivity contribution in [3.8, 4) is 17.2 Å². The van der Waals surface area contributed by atoms with Gasteiger partial charge in [-0.05, 0) is 41.1 Å². The highest BCUT2D eigenvalue weighted by Gasteiger charge is 2.15. The molecule has 2 aromatic carbocycles. The van der Waals surface area contributed by atoms with Crippen LogP contribution in [-0.2, 0) is 11.3 Å². The Morgan fingerprint density at radius 3 is 2.71 bits per heavy atom. The third-order valence-corrected chi connectivity index (χ3v) is 4.92. The summed E-state index contributed by atoms with van der Waals surface area (Å²) in [4.78, 5) is 12.3. The van der Waals surface area contributed by atoms with E-state index >= 15 is 0 Å². The summed E-state index contributed by atoms with van der Waals surface area (Å²) in [5, 5.41) is 15.2. The van der Waals surface area contributed by atoms with E-state index in [0.717, 1.165) is 22.6 Å². The summed E-state index contributed by atoms with van der Waals surface area (Å²) < 4.78 is 12.3. The molecule has 0 fully saturated rings. The number of thioether (sulfide) groups is 1. The monoisotopic (exact) mass is 399 g/mol. The van der Waals surface area contributed by atoms with Crippen LogP contribution in [-0.4, -0.2) is 46.1 Å². The second-order valence-electron chi connectivity index (χ2n) is 5.93. The highest BCUT2D eigenvalue weighted by atomic mass is 32.2. The molecule has 0 saturated heterocycles. The van der Waals surface area contributed by atoms with Crippen LogP contribution in [0, 0.1) is 6.92 Å². The molecular weight excluding hydrogens is 378 g/mol. The molecule has 28 heavy (non-hydrogen) atoms. The second-order valence-corrected chi connectivity index (χ2v) is 6.87. The number of amides is 1. The van der Waals surface area contributed by atoms with Gasteiger partial charge in [0.05, 0.1) is 20.0 Å². The van der Waals surface area contributed by atoms with Gasteiger partial charge in [0, 0.05) is 12.1 Å². The Bertz CT molecular complexity index is 960. The lowest BCUT2D eigenvalue weighted by molar-refractivity contribution is -0.118. The molecule has 1 N–H and O–H groups in total. The topological polar surface area (TPSA) is 91.2 Å². The fourth-order valence-corrected chi connectivity index (χ4v) is 3.32. The first kappa shape index (κ1) is 19.7. The normalized spacial score (nSPS) is 10.5. The van der Waals surface area contributed by atoms with Gasteiger partial charge in [-0.2, -0.15) is 4.68 Å². The average molecular weight is 399 g/mol. The molecule has 3 aromatic rings. The Hall–Kier alpha value is -3.07. The van der Waals surface area contributed by atoms with Crippen molar-refractivity contribution in [3.05, 3.63) is 53.6 Å². The number of tetrazole rings is 1. The largest absolute Gasteiger partial charge is 0.496 e. The van der Waals surface area contributed by atoms with Crippen LogP contribution >= 0.6 is 11.8 Å². The van der Waals surface area contributed by atoms with E-state index in [4.69, 9.17) is 9.47 Å². The van der Waals surface area contributed by atoms with Gasteiger partial charge in [-0.3, -0.25) is 4.79 Å². The van der Waals surface area contributed by atoms with E-state index in [-0.39, 0.29) is 11.7 Å². The minimum Gasteiger partial charge on any atom is -0.496 e. The Labute approximate surface area is 167 Å². The van der Waals surface area contributed by atoms with Crippen LogP contribution < -0.4 is 14.8 Å². The zero-order valence-electron chi connectivity index (χ0n) is 15.9. The van der Waals surface area contributed by atoms with Crippen LogP contribution in [0.15, 0.2) is 47.6 Å². The highest BCUT2D eigenvalue weighted by Crippen LogP contribution is 2.27. The van der Waals surface area contributed by atoms with E-state index in [0.29, 0.717) is 17.5 Å². The molecule has 9 heteroatoms. The zero-order chi connectivity index (χ0) is 19.9. The molecule has 1 amide bonds. The van der Waals surface area contributed by atoms with E-state index in [1.54, 1.807) is 18.9 Å². The van der Waals surface area contributed by atoms with Gasteiger partial charge in [0.25, 0.3) is 0 Å². The molecule has 0 aliphatic rings. The number of para-hydroxylation sites is 1. The summed E-state index contributed by atoms with van der Waals surface area (Å²) in [6.45, 7) is 2.37. The summed E-state index contributed by atoms with van der Waals surface area (Å²) in [6, 6.07) is 13.3. The van der Waals surface area contributed by atoms with E-state index in [9.17, 15) is 4.79 Å². The van der Waals surface area contributed by atoms with Crippen molar-refractivity contribution >= 4 is 17.7 Å². The summed E-state index contributed by atoms with van der Waals surface area (Å²) >= 11 is 1.25. The number of hydrogen-bond donors (Lipinski definition) is 1. The molecule has 3 rings (SSSR count). The van der Waals surface area contributed by atoms with E-state index in [1.165, 1.54) is 11.8 Å². The molecule has 0 radical (unpaired) electrons. The van der Waals surface area contributed by atoms with E-state index in [1.807, 2.05) is 49.4 Å². The van der Waals surface area contributed by atoms with Gasteiger partial charge < -0.3 is 14.8 Å². The fraction of sp³-hybridized carbons (Fsp3) is 0.263. The Morgan fingerprint density at radius 2 is 1.93 bits per heavy atom. The quantitative estimate of drug-likeness (QED) is 0.582. The zero-order valence-corrected chi connectivity index (χ0v) is 16.7. The number of benzene rings is 2. The molecule has 0 atom stereocenters. The smallest absolute Gasteiger partial charge is 0.230 e. The molecule has 0 unspecified atom stereocenters. The number of nitrogens with zero attached hydrogens (tertiary/aromatic N) is 4. The average Bonchev–Trinajstić information content (AvgIpc) is 3.19. The van der Waals surface area contributed by atoms with Gasteiger partial charge in [0.2, 0.25) is 11.1 Å². The second kappa shape index (κ2) is 9.23. The molecule has 8 nitrogen and oxygen atoms in total. The van der Waals surface area contributed by atoms with Gasteiger partial charge in [-0.15, -0.1) is 5.10 Å². The van der Waals surface area contributed by atoms with Gasteiger partial charge >= 0.3 is 0 Å². The van der Waals surface area contributed by atoms with Crippen LogP contribution in [0.2, 0.25) is 0 Å². The Morgan fingerprint density at radius 1 is 1.14 bits per heavy atom. The first-order valence-electron chi connectivity index (χ1n) is 8.57. The number of aromatic nitrogens is 4. The summed E-state index contributed by atoms with van der Waals surface area (Å²) in [6.07, 6.45) is 0. The number of methoxy groups -OCH3 is 2. The number of carbonyl (C=O) groups excluding carboxylic acids is 1. The van der Waals surface area contributed by atoms with Crippen molar-refractivity contribution in [2.24, 2.45) is 0 Å². The van der Waals surface area contributed by atoms with Crippen LogP contribution in [0.5, 0.6) is 11.5 Å². The third kappa shape index (κ3) is 4.61. The lowest BCUT2D eigenvalue weighted by atomic mass is 10.2. The van der Waals surface area contributed by atoms with Crippen LogP contribution in [0.4, 0.5) is 0 Å². The lowest BCUT2D eigenvalue weighted by Gasteiger charge is -2.11. The maximum absolute atomic E-state index is 12.3. The van der Waals surface area contributed by atoms with Crippen LogP contribution in [0.3, 0.4) is 0 Å². The molecule has 1 aromatic heterocycles. The van der Waals surface area contributed by atoms with Gasteiger partial charge in [0.1, 0.15) is 17.2 Å². The van der Waals surface area contributed by atoms with Crippen molar-refractivity contribution in [2.45, 2.75) is 18.6 Å². The molecule has 0 aliphatic heterocycles. The first-order chi connectivity index (χ1) is 13.6. The molecule has 0 aliphatic carbocycles. The van der Waals surface area contributed by atoms with Crippen molar-refractivity contribution < 1.29 is 14.3 Å². The SMILES string of the molecule is COc1ccccc1CNC(=O)CSc1nnnn1-c1cc(C)ccc1OC. The van der Waals surface area contributed by atoms with Crippen molar-refractivity contribution in [2.75, 3.05) is 20.0 Å². The minimum atomic E-state index is -0.123. The summed E-state index contributed by atoms with van der Waals surface area (Å²) in [7, 11) is 3.20. The Balaban J connectivity index is 1.64. The number of ether oxygens (including phenoxy) is 2. The number of rotatable bonds is 8. The standard InChI is InChI=1S/C19H21N5O3S/c1-13-8-9-17(27-3)15(10-13)24-19(21-22-23-24)28-12-18(25)20-11-14-6-4-5-7-16(14)26-2/h4-10H,11-12H2,1-3H3,(H,20,25). The minimum absolute atomic E-state index is 0.123. The van der Waals surface area contributed by atoms with Crippen molar-refractivity contribution in [1.82, 2.24) is 25.5 Å². The van der Waals surface area contributed by atoms with E-state index in [2.05, 4.69) is 20.8 Å². The maximum atomic E-state index is 12.3. The highest BCUT2D eigenvalue weighted by molar-refractivity contribution is 7.99. The maximum Gasteiger partial charge on any atom is 0.230 e. The molecule has 0 bridgehead atoms. The van der Waals surface area contributed by atoms with Crippen LogP contribution in [0.1, 0.15) is 11.1 Å². The van der Waals surface area contributed by atoms with Crippen molar-refractivity contribution in [1.29, 1.82) is 0 Å². The van der Waals surface area contributed by atoms with Gasteiger partial charge in [0.15, 0.2) is 0 Å². The summed E-state index contributed by atoms with van der Waals surface area (Å²) in [5.74, 6) is 1.46.